The molecule has 0 radical (unpaired) electrons. The summed E-state index contributed by atoms with van der Waals surface area (Å²) in [6.07, 6.45) is 3.40. The van der Waals surface area contributed by atoms with E-state index < -0.39 is 0 Å². The fraction of sp³-hybridized carbons (Fsp3) is 0.600. The number of anilines is 1. The highest BCUT2D eigenvalue weighted by atomic mass is 15.1. The van der Waals surface area contributed by atoms with E-state index in [9.17, 15) is 0 Å². The molecule has 0 bridgehead atoms. The molecule has 0 amide bonds. The van der Waals surface area contributed by atoms with Gasteiger partial charge in [-0.3, -0.25) is 0 Å². The van der Waals surface area contributed by atoms with Crippen LogP contribution in [-0.4, -0.2) is 19.6 Å². The van der Waals surface area contributed by atoms with Crippen LogP contribution in [0.2, 0.25) is 0 Å². The molecule has 0 spiro atoms. The van der Waals surface area contributed by atoms with Gasteiger partial charge < -0.3 is 10.6 Å². The molecule has 2 N–H and O–H groups in total. The second-order valence-corrected chi connectivity index (χ2v) is 5.45. The predicted molar refractivity (Wildman–Crippen MR) is 74.6 cm³/mol. The van der Waals surface area contributed by atoms with Gasteiger partial charge in [-0.15, -0.1) is 0 Å². The van der Waals surface area contributed by atoms with Crippen LogP contribution in [0.15, 0.2) is 18.2 Å². The maximum atomic E-state index is 5.57. The molecule has 0 unspecified atom stereocenters. The van der Waals surface area contributed by atoms with Gasteiger partial charge >= 0.3 is 0 Å². The second kappa shape index (κ2) is 5.54. The number of fused-ring (bicyclic) bond motifs is 1. The summed E-state index contributed by atoms with van der Waals surface area (Å²) in [5.41, 5.74) is 9.99. The van der Waals surface area contributed by atoms with Crippen molar-refractivity contribution in [2.24, 2.45) is 11.7 Å². The van der Waals surface area contributed by atoms with Gasteiger partial charge in [-0.05, 0) is 48.9 Å². The van der Waals surface area contributed by atoms with Crippen LogP contribution < -0.4 is 10.6 Å². The van der Waals surface area contributed by atoms with E-state index in [1.165, 1.54) is 36.3 Å². The molecule has 0 saturated carbocycles. The maximum absolute atomic E-state index is 5.57. The van der Waals surface area contributed by atoms with Gasteiger partial charge in [0.1, 0.15) is 0 Å². The standard InChI is InChI=1S/C15H24N2/c1-12(2)11-17-9-7-14-6-5-13(4-3-8-16)10-15(14)17/h5-6,10,12H,3-4,7-9,11,16H2,1-2H3. The second-order valence-electron chi connectivity index (χ2n) is 5.45. The van der Waals surface area contributed by atoms with Crippen LogP contribution in [0, 0.1) is 5.92 Å². The molecule has 0 aliphatic carbocycles. The fourth-order valence-corrected chi connectivity index (χ4v) is 2.58. The van der Waals surface area contributed by atoms with Crippen molar-refractivity contribution in [1.29, 1.82) is 0 Å². The molecule has 17 heavy (non-hydrogen) atoms. The molecule has 1 aromatic carbocycles. The number of benzene rings is 1. The van der Waals surface area contributed by atoms with Gasteiger partial charge in [-0.1, -0.05) is 26.0 Å². The van der Waals surface area contributed by atoms with E-state index >= 15 is 0 Å². The minimum Gasteiger partial charge on any atom is -0.371 e. The minimum absolute atomic E-state index is 0.730. The SMILES string of the molecule is CC(C)CN1CCc2ccc(CCCN)cc21. The van der Waals surface area contributed by atoms with E-state index in [0.29, 0.717) is 0 Å². The van der Waals surface area contributed by atoms with Gasteiger partial charge in [0, 0.05) is 18.8 Å². The summed E-state index contributed by atoms with van der Waals surface area (Å²) in [5.74, 6) is 0.730. The average Bonchev–Trinajstić information content (AvgIpc) is 2.69. The lowest BCUT2D eigenvalue weighted by molar-refractivity contribution is 0.622. The summed E-state index contributed by atoms with van der Waals surface area (Å²) < 4.78 is 0. The summed E-state index contributed by atoms with van der Waals surface area (Å²) in [7, 11) is 0. The Morgan fingerprint density at radius 1 is 1.35 bits per heavy atom. The van der Waals surface area contributed by atoms with Gasteiger partial charge in [0.2, 0.25) is 0 Å². The third kappa shape index (κ3) is 3.01. The first kappa shape index (κ1) is 12.4. The zero-order valence-corrected chi connectivity index (χ0v) is 11.1. The molecule has 1 aliphatic rings. The van der Waals surface area contributed by atoms with Crippen molar-refractivity contribution in [3.8, 4) is 0 Å². The first-order valence-electron chi connectivity index (χ1n) is 6.77. The predicted octanol–water partition coefficient (Wildman–Crippen LogP) is 2.60. The average molecular weight is 232 g/mol. The molecule has 94 valence electrons. The fourth-order valence-electron chi connectivity index (χ4n) is 2.58. The lowest BCUT2D eigenvalue weighted by atomic mass is 10.1. The largest absolute Gasteiger partial charge is 0.371 e. The van der Waals surface area contributed by atoms with Crippen LogP contribution in [0.4, 0.5) is 5.69 Å². The Morgan fingerprint density at radius 2 is 2.18 bits per heavy atom. The Kier molecular flexibility index (Phi) is 4.06. The first-order valence-corrected chi connectivity index (χ1v) is 6.77. The third-order valence-electron chi connectivity index (χ3n) is 3.40. The summed E-state index contributed by atoms with van der Waals surface area (Å²) >= 11 is 0. The van der Waals surface area contributed by atoms with Gasteiger partial charge in [0.15, 0.2) is 0 Å². The Morgan fingerprint density at radius 3 is 2.88 bits per heavy atom. The molecule has 0 atom stereocenters. The van der Waals surface area contributed by atoms with E-state index in [1.807, 2.05) is 0 Å². The Hall–Kier alpha value is -1.02. The zero-order chi connectivity index (χ0) is 12.3. The van der Waals surface area contributed by atoms with E-state index in [4.69, 9.17) is 5.73 Å². The number of nitrogens with zero attached hydrogens (tertiary/aromatic N) is 1. The smallest absolute Gasteiger partial charge is 0.0402 e. The summed E-state index contributed by atoms with van der Waals surface area (Å²) in [6.45, 7) is 7.72. The lowest BCUT2D eigenvalue weighted by Crippen LogP contribution is -2.25. The van der Waals surface area contributed by atoms with Crippen LogP contribution in [0.1, 0.15) is 31.4 Å². The quantitative estimate of drug-likeness (QED) is 0.845. The monoisotopic (exact) mass is 232 g/mol. The van der Waals surface area contributed by atoms with Crippen molar-refractivity contribution < 1.29 is 0 Å². The van der Waals surface area contributed by atoms with E-state index in [0.717, 1.165) is 25.3 Å². The van der Waals surface area contributed by atoms with Crippen LogP contribution in [0.5, 0.6) is 0 Å². The van der Waals surface area contributed by atoms with Crippen LogP contribution >= 0.6 is 0 Å². The third-order valence-corrected chi connectivity index (χ3v) is 3.40. The number of aryl methyl sites for hydroxylation is 1. The van der Waals surface area contributed by atoms with Crippen molar-refractivity contribution in [3.05, 3.63) is 29.3 Å². The zero-order valence-electron chi connectivity index (χ0n) is 11.1. The highest BCUT2D eigenvalue weighted by Crippen LogP contribution is 2.29. The molecular weight excluding hydrogens is 208 g/mol. The number of nitrogens with two attached hydrogens (primary N) is 1. The lowest BCUT2D eigenvalue weighted by Gasteiger charge is -2.22. The minimum atomic E-state index is 0.730. The van der Waals surface area contributed by atoms with Gasteiger partial charge in [-0.2, -0.15) is 0 Å². The summed E-state index contributed by atoms with van der Waals surface area (Å²) in [5, 5.41) is 0. The van der Waals surface area contributed by atoms with Crippen LogP contribution in [0.3, 0.4) is 0 Å². The Labute approximate surface area is 105 Å². The summed E-state index contributed by atoms with van der Waals surface area (Å²) in [4.78, 5) is 2.53. The highest BCUT2D eigenvalue weighted by molar-refractivity contribution is 5.59. The topological polar surface area (TPSA) is 29.3 Å². The molecule has 2 rings (SSSR count). The summed E-state index contributed by atoms with van der Waals surface area (Å²) in [6, 6.07) is 6.95. The van der Waals surface area contributed by atoms with E-state index in [2.05, 4.69) is 36.9 Å². The van der Waals surface area contributed by atoms with Crippen LogP contribution in [0.25, 0.3) is 0 Å². The molecule has 1 aliphatic heterocycles. The van der Waals surface area contributed by atoms with Crippen LogP contribution in [-0.2, 0) is 12.8 Å². The van der Waals surface area contributed by atoms with E-state index in [1.54, 1.807) is 0 Å². The molecule has 2 nitrogen and oxygen atoms in total. The maximum Gasteiger partial charge on any atom is 0.0402 e. The molecule has 1 heterocycles. The van der Waals surface area contributed by atoms with Crippen molar-refractivity contribution in [2.75, 3.05) is 24.5 Å². The number of hydrogen-bond donors (Lipinski definition) is 1. The normalized spacial score (nSPS) is 14.5. The Balaban J connectivity index is 2.12. The molecule has 0 aromatic heterocycles. The number of rotatable bonds is 5. The highest BCUT2D eigenvalue weighted by Gasteiger charge is 2.19. The molecule has 0 saturated heterocycles. The van der Waals surface area contributed by atoms with Crippen molar-refractivity contribution in [3.63, 3.8) is 0 Å². The molecule has 2 heteroatoms. The van der Waals surface area contributed by atoms with Gasteiger partial charge in [-0.25, -0.2) is 0 Å². The molecular formula is C15H24N2. The van der Waals surface area contributed by atoms with Crippen molar-refractivity contribution in [1.82, 2.24) is 0 Å². The van der Waals surface area contributed by atoms with Crippen molar-refractivity contribution >= 4 is 5.69 Å². The van der Waals surface area contributed by atoms with Gasteiger partial charge in [0.05, 0.1) is 0 Å². The first-order chi connectivity index (χ1) is 8.20. The van der Waals surface area contributed by atoms with E-state index in [-0.39, 0.29) is 0 Å². The number of hydrogen-bond acceptors (Lipinski definition) is 2. The molecule has 1 aromatic rings. The van der Waals surface area contributed by atoms with Gasteiger partial charge in [0.25, 0.3) is 0 Å². The Bertz CT molecular complexity index is 371. The van der Waals surface area contributed by atoms with Crippen molar-refractivity contribution in [2.45, 2.75) is 33.1 Å². The molecule has 0 fully saturated rings.